The Morgan fingerprint density at radius 3 is 2.80 bits per heavy atom. The topological polar surface area (TPSA) is 75.9 Å². The summed E-state index contributed by atoms with van der Waals surface area (Å²) in [5.41, 5.74) is 0.581. The van der Waals surface area contributed by atoms with Gasteiger partial charge in [-0.05, 0) is 37.7 Å². The molecule has 0 radical (unpaired) electrons. The highest BCUT2D eigenvalue weighted by Gasteiger charge is 2.20. The molecule has 0 saturated carbocycles. The van der Waals surface area contributed by atoms with Crippen molar-refractivity contribution in [3.8, 4) is 0 Å². The lowest BCUT2D eigenvalue weighted by Gasteiger charge is -2.28. The largest absolute Gasteiger partial charge is 0.356 e. The highest BCUT2D eigenvalue weighted by molar-refractivity contribution is 7.98. The summed E-state index contributed by atoms with van der Waals surface area (Å²) in [5.74, 6) is -0.284. The maximum absolute atomic E-state index is 13.9. The van der Waals surface area contributed by atoms with E-state index in [1.54, 1.807) is 10.9 Å². The first-order valence-electron chi connectivity index (χ1n) is 9.83. The normalized spacial score (nSPS) is 14.3. The third kappa shape index (κ3) is 4.22. The van der Waals surface area contributed by atoms with Crippen LogP contribution in [0.25, 0.3) is 11.0 Å². The number of nitrogens with one attached hydrogen (secondary N) is 1. The molecule has 1 N–H and O–H groups in total. The van der Waals surface area contributed by atoms with Crippen LogP contribution in [0, 0.1) is 5.82 Å². The number of aromatic nitrogens is 4. The standard InChI is InChI=1S/C20H22ClFN6OS/c1-30-20-25-17(27-9-3-2-4-10-27)13-12-24-28(18(13)26-20)11-8-23-19(29)16-14(21)6-5-7-15(16)22/h5-7,12H,2-4,8-11H2,1H3,(H,23,29). The molecule has 1 aromatic carbocycles. The molecule has 4 rings (SSSR count). The Bertz CT molecular complexity index is 1050. The van der Waals surface area contributed by atoms with Crippen LogP contribution in [-0.4, -0.2) is 51.5 Å². The van der Waals surface area contributed by atoms with Gasteiger partial charge >= 0.3 is 0 Å². The Labute approximate surface area is 183 Å². The van der Waals surface area contributed by atoms with E-state index in [-0.39, 0.29) is 17.1 Å². The van der Waals surface area contributed by atoms with Gasteiger partial charge in [-0.3, -0.25) is 4.79 Å². The van der Waals surface area contributed by atoms with E-state index < -0.39 is 11.7 Å². The van der Waals surface area contributed by atoms with Gasteiger partial charge in [-0.1, -0.05) is 29.4 Å². The number of hydrogen-bond donors (Lipinski definition) is 1. The fourth-order valence-electron chi connectivity index (χ4n) is 3.60. The summed E-state index contributed by atoms with van der Waals surface area (Å²) in [4.78, 5) is 24.0. The zero-order valence-corrected chi connectivity index (χ0v) is 18.1. The molecule has 1 aliphatic rings. The summed E-state index contributed by atoms with van der Waals surface area (Å²) in [5, 5.41) is 8.84. The van der Waals surface area contributed by atoms with E-state index >= 15 is 0 Å². The lowest BCUT2D eigenvalue weighted by Crippen LogP contribution is -2.30. The van der Waals surface area contributed by atoms with E-state index in [4.69, 9.17) is 16.6 Å². The molecule has 1 aliphatic heterocycles. The van der Waals surface area contributed by atoms with Crippen molar-refractivity contribution in [2.24, 2.45) is 0 Å². The van der Waals surface area contributed by atoms with Gasteiger partial charge in [0, 0.05) is 19.6 Å². The van der Waals surface area contributed by atoms with Crippen LogP contribution >= 0.6 is 23.4 Å². The van der Waals surface area contributed by atoms with Crippen molar-refractivity contribution in [1.29, 1.82) is 0 Å². The monoisotopic (exact) mass is 448 g/mol. The summed E-state index contributed by atoms with van der Waals surface area (Å²) >= 11 is 7.45. The van der Waals surface area contributed by atoms with E-state index in [0.29, 0.717) is 11.7 Å². The third-order valence-corrected chi connectivity index (χ3v) is 5.96. The maximum atomic E-state index is 13.9. The summed E-state index contributed by atoms with van der Waals surface area (Å²) in [6.45, 7) is 2.61. The first kappa shape index (κ1) is 20.9. The molecule has 0 unspecified atom stereocenters. The predicted octanol–water partition coefficient (Wildman–Crippen LogP) is 3.76. The molecule has 30 heavy (non-hydrogen) atoms. The van der Waals surface area contributed by atoms with Gasteiger partial charge in [0.25, 0.3) is 5.91 Å². The van der Waals surface area contributed by atoms with Crippen molar-refractivity contribution in [3.63, 3.8) is 0 Å². The second-order valence-corrected chi connectivity index (χ2v) is 8.22. The van der Waals surface area contributed by atoms with Crippen LogP contribution in [-0.2, 0) is 6.54 Å². The van der Waals surface area contributed by atoms with Gasteiger partial charge in [-0.15, -0.1) is 0 Å². The van der Waals surface area contributed by atoms with Crippen molar-refractivity contribution in [2.75, 3.05) is 30.8 Å². The number of fused-ring (bicyclic) bond motifs is 1. The summed E-state index contributed by atoms with van der Waals surface area (Å²) in [7, 11) is 0. The van der Waals surface area contributed by atoms with Crippen molar-refractivity contribution in [2.45, 2.75) is 31.0 Å². The molecule has 1 saturated heterocycles. The maximum Gasteiger partial charge on any atom is 0.255 e. The third-order valence-electron chi connectivity index (χ3n) is 5.09. The highest BCUT2D eigenvalue weighted by atomic mass is 35.5. The van der Waals surface area contributed by atoms with Crippen molar-refractivity contribution >= 4 is 46.1 Å². The number of carbonyl (C=O) groups is 1. The summed E-state index contributed by atoms with van der Waals surface area (Å²) < 4.78 is 15.7. The van der Waals surface area contributed by atoms with E-state index in [1.165, 1.54) is 36.4 Å². The summed E-state index contributed by atoms with van der Waals surface area (Å²) in [6, 6.07) is 4.17. The average molecular weight is 449 g/mol. The first-order valence-corrected chi connectivity index (χ1v) is 11.4. The molecule has 3 heterocycles. The molecule has 7 nitrogen and oxygen atoms in total. The fraction of sp³-hybridized carbons (Fsp3) is 0.400. The SMILES string of the molecule is CSc1nc(N2CCCCC2)c2cnn(CCNC(=O)c3c(F)cccc3Cl)c2n1. The summed E-state index contributed by atoms with van der Waals surface area (Å²) in [6.07, 6.45) is 7.27. The van der Waals surface area contributed by atoms with Crippen LogP contribution in [0.5, 0.6) is 0 Å². The van der Waals surface area contributed by atoms with Gasteiger partial charge in [0.1, 0.15) is 11.6 Å². The highest BCUT2D eigenvalue weighted by Crippen LogP contribution is 2.28. The zero-order chi connectivity index (χ0) is 21.1. The Morgan fingerprint density at radius 1 is 1.27 bits per heavy atom. The molecule has 0 atom stereocenters. The lowest BCUT2D eigenvalue weighted by molar-refractivity contribution is 0.0948. The van der Waals surface area contributed by atoms with Gasteiger partial charge in [-0.25, -0.2) is 19.0 Å². The van der Waals surface area contributed by atoms with E-state index in [9.17, 15) is 9.18 Å². The van der Waals surface area contributed by atoms with E-state index in [1.807, 2.05) is 6.26 Å². The molecule has 0 bridgehead atoms. The molecule has 1 fully saturated rings. The van der Waals surface area contributed by atoms with Gasteiger partial charge in [0.2, 0.25) is 0 Å². The molecule has 0 aliphatic carbocycles. The Balaban J connectivity index is 1.53. The molecule has 0 spiro atoms. The van der Waals surface area contributed by atoms with Gasteiger partial charge in [-0.2, -0.15) is 5.10 Å². The number of halogens is 2. The fourth-order valence-corrected chi connectivity index (χ4v) is 4.21. The van der Waals surface area contributed by atoms with Crippen molar-refractivity contribution < 1.29 is 9.18 Å². The minimum atomic E-state index is -0.645. The number of hydrogen-bond acceptors (Lipinski definition) is 6. The molecule has 158 valence electrons. The van der Waals surface area contributed by atoms with Gasteiger partial charge < -0.3 is 10.2 Å². The second kappa shape index (κ2) is 9.18. The number of thioether (sulfide) groups is 1. The second-order valence-electron chi connectivity index (χ2n) is 7.04. The van der Waals surface area contributed by atoms with Crippen LogP contribution in [0.2, 0.25) is 5.02 Å². The molecule has 10 heteroatoms. The van der Waals surface area contributed by atoms with Gasteiger partial charge in [0.05, 0.1) is 28.7 Å². The van der Waals surface area contributed by atoms with Crippen LogP contribution in [0.3, 0.4) is 0 Å². The number of piperidine rings is 1. The predicted molar refractivity (Wildman–Crippen MR) is 117 cm³/mol. The van der Waals surface area contributed by atoms with Crippen molar-refractivity contribution in [3.05, 3.63) is 40.8 Å². The minimum absolute atomic E-state index is 0.0839. The average Bonchev–Trinajstić information content (AvgIpc) is 3.16. The smallest absolute Gasteiger partial charge is 0.255 e. The molecule has 2 aromatic heterocycles. The first-order chi connectivity index (χ1) is 14.6. The number of benzene rings is 1. The van der Waals surface area contributed by atoms with Crippen LogP contribution in [0.4, 0.5) is 10.2 Å². The van der Waals surface area contributed by atoms with Crippen LogP contribution in [0.15, 0.2) is 29.6 Å². The number of anilines is 1. The van der Waals surface area contributed by atoms with Gasteiger partial charge in [0.15, 0.2) is 10.8 Å². The molecular weight excluding hydrogens is 427 g/mol. The Hall–Kier alpha value is -2.39. The number of carbonyl (C=O) groups excluding carboxylic acids is 1. The minimum Gasteiger partial charge on any atom is -0.356 e. The number of amides is 1. The number of rotatable bonds is 6. The molecule has 3 aromatic rings. The van der Waals surface area contributed by atoms with Crippen LogP contribution in [0.1, 0.15) is 29.6 Å². The lowest BCUT2D eigenvalue weighted by atomic mass is 10.1. The molecule has 1 amide bonds. The zero-order valence-electron chi connectivity index (χ0n) is 16.6. The number of nitrogens with zero attached hydrogens (tertiary/aromatic N) is 5. The van der Waals surface area contributed by atoms with Crippen LogP contribution < -0.4 is 10.2 Å². The Morgan fingerprint density at radius 2 is 2.07 bits per heavy atom. The Kier molecular flexibility index (Phi) is 6.38. The van der Waals surface area contributed by atoms with E-state index in [0.717, 1.165) is 42.8 Å². The van der Waals surface area contributed by atoms with Crippen molar-refractivity contribution in [1.82, 2.24) is 25.1 Å². The van der Waals surface area contributed by atoms with E-state index in [2.05, 4.69) is 20.3 Å². The molecular formula is C20H22ClFN6OS. The quantitative estimate of drug-likeness (QED) is 0.457.